The van der Waals surface area contributed by atoms with Crippen molar-refractivity contribution in [2.75, 3.05) is 6.61 Å². The van der Waals surface area contributed by atoms with E-state index in [-0.39, 0.29) is 34.4 Å². The molecule has 4 fully saturated rings. The van der Waals surface area contributed by atoms with Crippen LogP contribution < -0.4 is 0 Å². The topological polar surface area (TPSA) is 66.8 Å². The highest BCUT2D eigenvalue weighted by atomic mass is 16.5. The van der Waals surface area contributed by atoms with Crippen LogP contribution in [0.4, 0.5) is 0 Å². The Labute approximate surface area is 189 Å². The van der Waals surface area contributed by atoms with Crippen molar-refractivity contribution < 1.29 is 19.7 Å². The molecule has 0 aromatic rings. The standard InChI is InChI=1S/C27H46O4/c1-6-31-23(30)10-7-17(2)19-8-9-20-24-21(12-13-26(19,20)4)27(5)14-11-18(28)15-25(27,3)16-22(24)29/h17-22,24,28-29H,6-16H2,1-5H3/t17-,18+,19+,20?,21?,22+,24?,25-,26+,27+/m0/s1. The predicted octanol–water partition coefficient (Wildman–Crippen LogP) is 5.35. The number of hydrogen-bond acceptors (Lipinski definition) is 4. The lowest BCUT2D eigenvalue weighted by atomic mass is 9.39. The molecule has 3 unspecified atom stereocenters. The van der Waals surface area contributed by atoms with Crippen LogP contribution in [-0.2, 0) is 9.53 Å². The van der Waals surface area contributed by atoms with Crippen LogP contribution in [0.5, 0.6) is 0 Å². The van der Waals surface area contributed by atoms with Crippen LogP contribution >= 0.6 is 0 Å². The van der Waals surface area contributed by atoms with Gasteiger partial charge < -0.3 is 14.9 Å². The molecule has 10 atom stereocenters. The second kappa shape index (κ2) is 8.31. The van der Waals surface area contributed by atoms with Crippen molar-refractivity contribution in [3.63, 3.8) is 0 Å². The molecule has 2 N–H and O–H groups in total. The van der Waals surface area contributed by atoms with Crippen LogP contribution in [0.25, 0.3) is 0 Å². The smallest absolute Gasteiger partial charge is 0.305 e. The second-order valence-corrected chi connectivity index (χ2v) is 12.5. The Morgan fingerprint density at radius 1 is 1.03 bits per heavy atom. The van der Waals surface area contributed by atoms with Gasteiger partial charge in [0, 0.05) is 6.42 Å². The molecule has 0 spiro atoms. The highest BCUT2D eigenvalue weighted by molar-refractivity contribution is 5.69. The summed E-state index contributed by atoms with van der Waals surface area (Å²) < 4.78 is 5.16. The minimum absolute atomic E-state index is 0.0456. The maximum atomic E-state index is 11.9. The Kier molecular flexibility index (Phi) is 6.31. The second-order valence-electron chi connectivity index (χ2n) is 12.5. The summed E-state index contributed by atoms with van der Waals surface area (Å²) in [6, 6.07) is 0. The Morgan fingerprint density at radius 3 is 2.48 bits per heavy atom. The molecule has 4 saturated carbocycles. The van der Waals surface area contributed by atoms with E-state index in [0.717, 1.165) is 32.1 Å². The summed E-state index contributed by atoms with van der Waals surface area (Å²) in [4.78, 5) is 11.9. The Hall–Kier alpha value is -0.610. The SMILES string of the molecule is CCOC(=O)CC[C@H](C)[C@H]1CCC2C3C(CC[C@@]21C)[C@@]1(C)CC[C@@H](O)C[C@@]1(C)C[C@H]3O. The number of hydrogen-bond donors (Lipinski definition) is 2. The summed E-state index contributed by atoms with van der Waals surface area (Å²) in [6.45, 7) is 12.0. The average molecular weight is 435 g/mol. The fourth-order valence-corrected chi connectivity index (χ4v) is 9.40. The Balaban J connectivity index is 1.52. The van der Waals surface area contributed by atoms with Gasteiger partial charge in [0.2, 0.25) is 0 Å². The highest BCUT2D eigenvalue weighted by Crippen LogP contribution is 2.71. The summed E-state index contributed by atoms with van der Waals surface area (Å²) in [6.07, 6.45) is 9.60. The molecule has 4 heteroatoms. The van der Waals surface area contributed by atoms with Gasteiger partial charge in [0.1, 0.15) is 0 Å². The third-order valence-corrected chi connectivity index (χ3v) is 11.2. The minimum atomic E-state index is -0.244. The first kappa shape index (κ1) is 23.5. The number of fused-ring (bicyclic) bond motifs is 5. The van der Waals surface area contributed by atoms with Crippen molar-refractivity contribution in [2.45, 2.75) is 111 Å². The van der Waals surface area contributed by atoms with Crippen LogP contribution in [-0.4, -0.2) is 35.0 Å². The maximum absolute atomic E-state index is 11.9. The van der Waals surface area contributed by atoms with Crippen molar-refractivity contribution in [3.8, 4) is 0 Å². The molecular formula is C27H46O4. The van der Waals surface area contributed by atoms with E-state index >= 15 is 0 Å². The van der Waals surface area contributed by atoms with Gasteiger partial charge in [0.05, 0.1) is 18.8 Å². The summed E-state index contributed by atoms with van der Waals surface area (Å²) in [7, 11) is 0. The first-order valence-electron chi connectivity index (χ1n) is 13.1. The van der Waals surface area contributed by atoms with Gasteiger partial charge >= 0.3 is 5.97 Å². The summed E-state index contributed by atoms with van der Waals surface area (Å²) in [5, 5.41) is 21.9. The van der Waals surface area contributed by atoms with E-state index in [1.807, 2.05) is 6.92 Å². The Bertz CT molecular complexity index is 678. The zero-order chi connectivity index (χ0) is 22.6. The number of aliphatic hydroxyl groups excluding tert-OH is 2. The molecule has 0 bridgehead atoms. The fraction of sp³-hybridized carbons (Fsp3) is 0.963. The first-order valence-corrected chi connectivity index (χ1v) is 13.1. The van der Waals surface area contributed by atoms with E-state index in [4.69, 9.17) is 4.74 Å². The number of carbonyl (C=O) groups excluding carboxylic acids is 1. The molecule has 4 aliphatic carbocycles. The lowest BCUT2D eigenvalue weighted by molar-refractivity contribution is -0.210. The van der Waals surface area contributed by atoms with Gasteiger partial charge in [-0.2, -0.15) is 0 Å². The third-order valence-electron chi connectivity index (χ3n) is 11.2. The van der Waals surface area contributed by atoms with E-state index in [0.29, 0.717) is 42.6 Å². The number of ether oxygens (including phenoxy) is 1. The lowest BCUT2D eigenvalue weighted by Gasteiger charge is -2.66. The van der Waals surface area contributed by atoms with Crippen molar-refractivity contribution in [1.82, 2.24) is 0 Å². The lowest BCUT2D eigenvalue weighted by Crippen LogP contribution is -2.62. The molecular weight excluding hydrogens is 388 g/mol. The minimum Gasteiger partial charge on any atom is -0.466 e. The molecule has 0 amide bonds. The van der Waals surface area contributed by atoms with E-state index in [1.165, 1.54) is 25.7 Å². The molecule has 31 heavy (non-hydrogen) atoms. The summed E-state index contributed by atoms with van der Waals surface area (Å²) in [5.74, 6) is 2.64. The van der Waals surface area contributed by atoms with E-state index in [1.54, 1.807) is 0 Å². The summed E-state index contributed by atoms with van der Waals surface area (Å²) in [5.41, 5.74) is 0.545. The van der Waals surface area contributed by atoms with Gasteiger partial charge in [-0.1, -0.05) is 27.7 Å². The molecule has 4 nitrogen and oxygen atoms in total. The van der Waals surface area contributed by atoms with E-state index < -0.39 is 0 Å². The zero-order valence-electron chi connectivity index (χ0n) is 20.5. The average Bonchev–Trinajstić information content (AvgIpc) is 3.05. The van der Waals surface area contributed by atoms with Crippen LogP contribution in [0.2, 0.25) is 0 Å². The molecule has 0 aromatic carbocycles. The first-order chi connectivity index (χ1) is 14.6. The fourth-order valence-electron chi connectivity index (χ4n) is 9.40. The monoisotopic (exact) mass is 434 g/mol. The number of carbonyl (C=O) groups is 1. The molecule has 4 aliphatic rings. The largest absolute Gasteiger partial charge is 0.466 e. The van der Waals surface area contributed by atoms with Crippen molar-refractivity contribution >= 4 is 5.97 Å². The van der Waals surface area contributed by atoms with Crippen LogP contribution in [0.15, 0.2) is 0 Å². The van der Waals surface area contributed by atoms with Crippen molar-refractivity contribution in [3.05, 3.63) is 0 Å². The summed E-state index contributed by atoms with van der Waals surface area (Å²) >= 11 is 0. The van der Waals surface area contributed by atoms with Crippen LogP contribution in [0.3, 0.4) is 0 Å². The van der Waals surface area contributed by atoms with Gasteiger partial charge in [0.25, 0.3) is 0 Å². The van der Waals surface area contributed by atoms with E-state index in [2.05, 4.69) is 27.7 Å². The number of aliphatic hydroxyl groups is 2. The van der Waals surface area contributed by atoms with E-state index in [9.17, 15) is 15.0 Å². The molecule has 4 rings (SSSR count). The van der Waals surface area contributed by atoms with Gasteiger partial charge in [-0.25, -0.2) is 0 Å². The van der Waals surface area contributed by atoms with Gasteiger partial charge in [-0.3, -0.25) is 4.79 Å². The molecule has 0 saturated heterocycles. The quantitative estimate of drug-likeness (QED) is 0.573. The normalized spacial score (nSPS) is 50.2. The highest BCUT2D eigenvalue weighted by Gasteiger charge is 2.65. The molecule has 178 valence electrons. The molecule has 0 radical (unpaired) electrons. The molecule has 0 heterocycles. The number of rotatable bonds is 5. The molecule has 0 aromatic heterocycles. The zero-order valence-corrected chi connectivity index (χ0v) is 20.5. The predicted molar refractivity (Wildman–Crippen MR) is 122 cm³/mol. The maximum Gasteiger partial charge on any atom is 0.305 e. The van der Waals surface area contributed by atoms with Crippen LogP contribution in [0.1, 0.15) is 98.8 Å². The number of esters is 1. The third kappa shape index (κ3) is 3.68. The Morgan fingerprint density at radius 2 is 1.77 bits per heavy atom. The van der Waals surface area contributed by atoms with Gasteiger partial charge in [-0.05, 0) is 111 Å². The van der Waals surface area contributed by atoms with Crippen molar-refractivity contribution in [1.29, 1.82) is 0 Å². The molecule has 0 aliphatic heterocycles. The van der Waals surface area contributed by atoms with Crippen molar-refractivity contribution in [2.24, 2.45) is 45.8 Å². The van der Waals surface area contributed by atoms with Gasteiger partial charge in [-0.15, -0.1) is 0 Å². The van der Waals surface area contributed by atoms with Gasteiger partial charge in [0.15, 0.2) is 0 Å². The van der Waals surface area contributed by atoms with Crippen LogP contribution in [0, 0.1) is 45.8 Å².